The van der Waals surface area contributed by atoms with Gasteiger partial charge in [-0.1, -0.05) is 12.1 Å². The third-order valence-corrected chi connectivity index (χ3v) is 3.99. The van der Waals surface area contributed by atoms with E-state index in [4.69, 9.17) is 20.4 Å². The van der Waals surface area contributed by atoms with E-state index in [2.05, 4.69) is 4.74 Å². The predicted molar refractivity (Wildman–Crippen MR) is 105 cm³/mol. The Hall–Kier alpha value is -4.11. The Kier molecular flexibility index (Phi) is 5.84. The molecule has 0 unspecified atom stereocenters. The van der Waals surface area contributed by atoms with Crippen LogP contribution in [-0.4, -0.2) is 21.9 Å². The summed E-state index contributed by atoms with van der Waals surface area (Å²) in [5.74, 6) is -0.790. The van der Waals surface area contributed by atoms with Crippen molar-refractivity contribution in [3.8, 4) is 17.4 Å². The molecule has 2 N–H and O–H groups in total. The number of rotatable bonds is 3. The molecule has 4 aromatic rings. The fourth-order valence-electron chi connectivity index (χ4n) is 2.56. The minimum absolute atomic E-state index is 0.0409. The predicted octanol–water partition coefficient (Wildman–Crippen LogP) is 2.91. The van der Waals surface area contributed by atoms with Crippen molar-refractivity contribution in [3.05, 3.63) is 74.7 Å². The summed E-state index contributed by atoms with van der Waals surface area (Å²) in [6.45, 7) is 0.160. The zero-order valence-corrected chi connectivity index (χ0v) is 15.6. The quantitative estimate of drug-likeness (QED) is 0.370. The fourth-order valence-corrected chi connectivity index (χ4v) is 2.66. The lowest BCUT2D eigenvalue weighted by molar-refractivity contribution is -0.121. The normalized spacial score (nSPS) is 10.3. The number of ether oxygens (including phenoxy) is 1. The van der Waals surface area contributed by atoms with Crippen molar-refractivity contribution in [3.63, 3.8) is 0 Å². The van der Waals surface area contributed by atoms with Gasteiger partial charge in [0.2, 0.25) is 0 Å². The van der Waals surface area contributed by atoms with Gasteiger partial charge in [-0.05, 0) is 35.9 Å². The van der Waals surface area contributed by atoms with Crippen LogP contribution >= 0.6 is 11.6 Å². The number of fused-ring (bicyclic) bond motifs is 2. The summed E-state index contributed by atoms with van der Waals surface area (Å²) in [5, 5.41) is 18.1. The zero-order valence-electron chi connectivity index (χ0n) is 14.8. The largest absolute Gasteiger partial charge is 0.507 e. The molecule has 0 amide bonds. The van der Waals surface area contributed by atoms with Gasteiger partial charge in [-0.3, -0.25) is 19.2 Å². The van der Waals surface area contributed by atoms with Crippen LogP contribution in [0.1, 0.15) is 10.6 Å². The summed E-state index contributed by atoms with van der Waals surface area (Å²) in [7, 11) is 0. The number of aromatic hydroxyl groups is 2. The molecule has 2 heterocycles. The van der Waals surface area contributed by atoms with Crippen molar-refractivity contribution in [1.82, 2.24) is 0 Å². The molecule has 0 aliphatic heterocycles. The Morgan fingerprint density at radius 2 is 1.43 bits per heavy atom. The van der Waals surface area contributed by atoms with Crippen molar-refractivity contribution in [2.24, 2.45) is 0 Å². The van der Waals surface area contributed by atoms with Crippen LogP contribution in [0.15, 0.2) is 67.0 Å². The highest BCUT2D eigenvalue weighted by molar-refractivity contribution is 6.67. The number of carbonyl (C=O) groups excluding carboxylic acids is 2. The molecule has 0 atom stereocenters. The lowest BCUT2D eigenvalue weighted by Crippen LogP contribution is -2.03. The van der Waals surface area contributed by atoms with Crippen LogP contribution in [0.5, 0.6) is 17.4 Å². The van der Waals surface area contributed by atoms with Gasteiger partial charge in [0, 0.05) is 6.07 Å². The van der Waals surface area contributed by atoms with E-state index in [1.807, 2.05) is 0 Å². The standard InChI is InChI=1S/C10H5ClO4.C10H6O5/c11-10(14)8-4-6(13)9-5(12)2-1-3-7(9)15-8;11-5-14-9-4-7(13)10-6(12)2-1-3-8(10)15-9/h1-4,12H;1-5,12H. The SMILES string of the molecule is O=C(Cl)c1cc(=O)c2c(O)cccc2o1.O=COc1cc(=O)c2c(O)cccc2o1. The maximum Gasteiger partial charge on any atom is 0.300 e. The maximum atomic E-state index is 11.5. The molecule has 0 aliphatic carbocycles. The smallest absolute Gasteiger partial charge is 0.300 e. The second kappa shape index (κ2) is 8.50. The Morgan fingerprint density at radius 3 is 1.97 bits per heavy atom. The number of phenols is 2. The molecule has 4 rings (SSSR count). The first-order valence-electron chi connectivity index (χ1n) is 8.13. The van der Waals surface area contributed by atoms with Gasteiger partial charge in [0.15, 0.2) is 16.6 Å². The van der Waals surface area contributed by atoms with Crippen molar-refractivity contribution in [1.29, 1.82) is 0 Å². The lowest BCUT2D eigenvalue weighted by atomic mass is 10.2. The summed E-state index contributed by atoms with van der Waals surface area (Å²) in [5.41, 5.74) is -0.671. The third kappa shape index (κ3) is 4.15. The van der Waals surface area contributed by atoms with Crippen LogP contribution in [0.2, 0.25) is 0 Å². The van der Waals surface area contributed by atoms with E-state index < -0.39 is 16.1 Å². The first kappa shape index (κ1) is 20.6. The molecular formula is C20H11ClO9. The molecule has 9 nitrogen and oxygen atoms in total. The van der Waals surface area contributed by atoms with E-state index >= 15 is 0 Å². The maximum absolute atomic E-state index is 11.5. The highest BCUT2D eigenvalue weighted by atomic mass is 35.5. The van der Waals surface area contributed by atoms with Gasteiger partial charge in [0.25, 0.3) is 11.2 Å². The first-order chi connectivity index (χ1) is 14.3. The van der Waals surface area contributed by atoms with Gasteiger partial charge in [-0.2, -0.15) is 0 Å². The van der Waals surface area contributed by atoms with Crippen molar-refractivity contribution in [2.45, 2.75) is 0 Å². The highest BCUT2D eigenvalue weighted by Gasteiger charge is 2.12. The molecule has 10 heteroatoms. The van der Waals surface area contributed by atoms with Crippen LogP contribution < -0.4 is 15.6 Å². The second-order valence-electron chi connectivity index (χ2n) is 5.69. The Labute approximate surface area is 171 Å². The summed E-state index contributed by atoms with van der Waals surface area (Å²) >= 11 is 5.18. The summed E-state index contributed by atoms with van der Waals surface area (Å²) < 4.78 is 14.5. The highest BCUT2D eigenvalue weighted by Crippen LogP contribution is 2.24. The summed E-state index contributed by atoms with van der Waals surface area (Å²) in [4.78, 5) is 43.8. The number of benzene rings is 2. The van der Waals surface area contributed by atoms with Gasteiger partial charge in [-0.15, -0.1) is 0 Å². The molecule has 0 spiro atoms. The molecule has 0 radical (unpaired) electrons. The van der Waals surface area contributed by atoms with Crippen LogP contribution in [0, 0.1) is 0 Å². The van der Waals surface area contributed by atoms with Gasteiger partial charge < -0.3 is 23.8 Å². The second-order valence-corrected chi connectivity index (χ2v) is 6.04. The average Bonchev–Trinajstić information content (AvgIpc) is 2.68. The van der Waals surface area contributed by atoms with E-state index in [-0.39, 0.29) is 51.6 Å². The van der Waals surface area contributed by atoms with E-state index in [9.17, 15) is 29.4 Å². The third-order valence-electron chi connectivity index (χ3n) is 3.80. The zero-order chi connectivity index (χ0) is 21.8. The summed E-state index contributed by atoms with van der Waals surface area (Å²) in [6.07, 6.45) is 0. The van der Waals surface area contributed by atoms with Crippen LogP contribution in [-0.2, 0) is 4.79 Å². The number of carbonyl (C=O) groups is 2. The number of hydrogen-bond donors (Lipinski definition) is 2. The monoisotopic (exact) mass is 430 g/mol. The molecule has 2 aromatic heterocycles. The molecule has 152 valence electrons. The topological polar surface area (TPSA) is 144 Å². The molecule has 0 saturated carbocycles. The minimum atomic E-state index is -0.850. The van der Waals surface area contributed by atoms with Gasteiger partial charge in [0.05, 0.1) is 6.07 Å². The van der Waals surface area contributed by atoms with E-state index in [1.54, 1.807) is 0 Å². The number of halogens is 1. The summed E-state index contributed by atoms with van der Waals surface area (Å²) in [6, 6.07) is 10.7. The van der Waals surface area contributed by atoms with Crippen molar-refractivity contribution < 1.29 is 33.4 Å². The van der Waals surface area contributed by atoms with Crippen LogP contribution in [0.3, 0.4) is 0 Å². The molecule has 0 saturated heterocycles. The number of hydrogen-bond acceptors (Lipinski definition) is 9. The molecule has 2 aromatic carbocycles. The van der Waals surface area contributed by atoms with E-state index in [1.165, 1.54) is 36.4 Å². The van der Waals surface area contributed by atoms with Crippen LogP contribution in [0.4, 0.5) is 0 Å². The minimum Gasteiger partial charge on any atom is -0.507 e. The molecule has 0 aliphatic rings. The first-order valence-corrected chi connectivity index (χ1v) is 8.51. The van der Waals surface area contributed by atoms with Crippen LogP contribution in [0.25, 0.3) is 21.9 Å². The van der Waals surface area contributed by atoms with Gasteiger partial charge >= 0.3 is 6.47 Å². The Morgan fingerprint density at radius 1 is 0.900 bits per heavy atom. The Bertz CT molecular complexity index is 1380. The van der Waals surface area contributed by atoms with E-state index in [0.717, 1.165) is 12.1 Å². The number of phenolic OH excluding ortho intramolecular Hbond substituents is 2. The van der Waals surface area contributed by atoms with E-state index in [0.29, 0.717) is 0 Å². The lowest BCUT2D eigenvalue weighted by Gasteiger charge is -2.00. The fraction of sp³-hybridized carbons (Fsp3) is 0. The molecule has 0 fully saturated rings. The van der Waals surface area contributed by atoms with Crippen molar-refractivity contribution >= 4 is 45.3 Å². The van der Waals surface area contributed by atoms with Gasteiger partial charge in [0.1, 0.15) is 33.4 Å². The molecule has 0 bridgehead atoms. The van der Waals surface area contributed by atoms with Crippen molar-refractivity contribution in [2.75, 3.05) is 0 Å². The molecular weight excluding hydrogens is 420 g/mol. The van der Waals surface area contributed by atoms with Gasteiger partial charge in [-0.25, -0.2) is 0 Å². The average molecular weight is 431 g/mol. The Balaban J connectivity index is 0.000000171. The molecule has 30 heavy (non-hydrogen) atoms.